The van der Waals surface area contributed by atoms with E-state index in [9.17, 15) is 5.11 Å². The first-order valence-corrected chi connectivity index (χ1v) is 4.61. The molecule has 4 heteroatoms. The van der Waals surface area contributed by atoms with E-state index in [0.29, 0.717) is 5.75 Å². The van der Waals surface area contributed by atoms with E-state index in [1.54, 1.807) is 18.2 Å². The summed E-state index contributed by atoms with van der Waals surface area (Å²) in [6.45, 7) is 6.79. The summed E-state index contributed by atoms with van der Waals surface area (Å²) in [5.74, 6) is -0.196. The largest absolute Gasteiger partial charge is 0.504 e. The Morgan fingerprint density at radius 3 is 2.25 bits per heavy atom. The van der Waals surface area contributed by atoms with Crippen LogP contribution in [0.5, 0.6) is 11.5 Å². The van der Waals surface area contributed by atoms with Gasteiger partial charge in [0.05, 0.1) is 7.11 Å². The molecule has 0 saturated carbocycles. The van der Waals surface area contributed by atoms with Gasteiger partial charge in [-0.15, -0.1) is 0 Å². The lowest BCUT2D eigenvalue weighted by molar-refractivity contribution is -0.134. The fourth-order valence-electron chi connectivity index (χ4n) is 0.943. The van der Waals surface area contributed by atoms with E-state index < -0.39 is 5.97 Å². The molecule has 0 atom stereocenters. The Bertz CT molecular complexity index is 379. The summed E-state index contributed by atoms with van der Waals surface area (Å²) in [7, 11) is 1.53. The second-order valence-corrected chi connectivity index (χ2v) is 3.19. The first-order chi connectivity index (χ1) is 7.38. The maximum atomic E-state index is 9.26. The monoisotopic (exact) mass is 224 g/mol. The third-order valence-corrected chi connectivity index (χ3v) is 1.67. The van der Waals surface area contributed by atoms with Gasteiger partial charge in [-0.1, -0.05) is 18.2 Å². The molecular weight excluding hydrogens is 208 g/mol. The Hall–Kier alpha value is -1.97. The molecule has 0 fully saturated rings. The number of benzene rings is 1. The molecule has 0 heterocycles. The fourth-order valence-corrected chi connectivity index (χ4v) is 0.943. The Kier molecular flexibility index (Phi) is 5.70. The maximum absolute atomic E-state index is 9.26. The van der Waals surface area contributed by atoms with Crippen molar-refractivity contribution in [1.29, 1.82) is 0 Å². The van der Waals surface area contributed by atoms with Crippen molar-refractivity contribution in [3.63, 3.8) is 0 Å². The van der Waals surface area contributed by atoms with Gasteiger partial charge in [0, 0.05) is 6.92 Å². The number of carboxylic acid groups (broad SMARTS) is 1. The second-order valence-electron chi connectivity index (χ2n) is 3.19. The average Bonchev–Trinajstić information content (AvgIpc) is 2.17. The van der Waals surface area contributed by atoms with Gasteiger partial charge < -0.3 is 14.9 Å². The highest BCUT2D eigenvalue weighted by Crippen LogP contribution is 2.28. The summed E-state index contributed by atoms with van der Waals surface area (Å²) in [4.78, 5) is 9.00. The van der Waals surface area contributed by atoms with Gasteiger partial charge >= 0.3 is 0 Å². The van der Waals surface area contributed by atoms with Gasteiger partial charge in [0.15, 0.2) is 11.5 Å². The Labute approximate surface area is 94.8 Å². The molecule has 88 valence electrons. The van der Waals surface area contributed by atoms with Gasteiger partial charge in [-0.3, -0.25) is 4.79 Å². The zero-order valence-electron chi connectivity index (χ0n) is 9.65. The van der Waals surface area contributed by atoms with Crippen LogP contribution in [0.2, 0.25) is 0 Å². The van der Waals surface area contributed by atoms with Crippen molar-refractivity contribution in [2.75, 3.05) is 7.11 Å². The highest BCUT2D eigenvalue weighted by atomic mass is 16.5. The highest BCUT2D eigenvalue weighted by Gasteiger charge is 2.01. The summed E-state index contributed by atoms with van der Waals surface area (Å²) >= 11 is 0. The molecule has 16 heavy (non-hydrogen) atoms. The average molecular weight is 224 g/mol. The lowest BCUT2D eigenvalue weighted by Crippen LogP contribution is -1.85. The Balaban J connectivity index is 0.000000487. The number of ether oxygens (including phenoxy) is 1. The van der Waals surface area contributed by atoms with E-state index in [1.165, 1.54) is 7.11 Å². The Morgan fingerprint density at radius 1 is 1.38 bits per heavy atom. The predicted molar refractivity (Wildman–Crippen MR) is 62.7 cm³/mol. The molecule has 0 aliphatic rings. The molecule has 0 spiro atoms. The van der Waals surface area contributed by atoms with Gasteiger partial charge in [-0.25, -0.2) is 0 Å². The minimum Gasteiger partial charge on any atom is -0.504 e. The number of carboxylic acids is 1. The van der Waals surface area contributed by atoms with Crippen molar-refractivity contribution in [1.82, 2.24) is 0 Å². The third-order valence-electron chi connectivity index (χ3n) is 1.67. The van der Waals surface area contributed by atoms with Crippen LogP contribution < -0.4 is 4.74 Å². The van der Waals surface area contributed by atoms with Crippen LogP contribution in [0, 0.1) is 0 Å². The van der Waals surface area contributed by atoms with Gasteiger partial charge in [0.25, 0.3) is 5.97 Å². The van der Waals surface area contributed by atoms with Gasteiger partial charge in [0.1, 0.15) is 0 Å². The fraction of sp³-hybridized carbons (Fsp3) is 0.250. The van der Waals surface area contributed by atoms with E-state index in [2.05, 4.69) is 6.58 Å². The SMILES string of the molecule is C=C(C)c1ccc(O)c(OC)c1.CC(=O)O. The quantitative estimate of drug-likeness (QED) is 0.810. The predicted octanol–water partition coefficient (Wildman–Crippen LogP) is 2.52. The molecule has 0 amide bonds. The molecule has 1 aromatic carbocycles. The topological polar surface area (TPSA) is 66.8 Å². The first kappa shape index (κ1) is 14.0. The Morgan fingerprint density at radius 2 is 1.88 bits per heavy atom. The lowest BCUT2D eigenvalue weighted by Gasteiger charge is -2.05. The number of methoxy groups -OCH3 is 1. The summed E-state index contributed by atoms with van der Waals surface area (Å²) in [5, 5.41) is 16.7. The molecule has 2 N–H and O–H groups in total. The summed E-state index contributed by atoms with van der Waals surface area (Å²) in [5.41, 5.74) is 1.93. The second kappa shape index (κ2) is 6.50. The van der Waals surface area contributed by atoms with E-state index in [1.807, 2.05) is 6.92 Å². The minimum atomic E-state index is -0.833. The lowest BCUT2D eigenvalue weighted by atomic mass is 10.1. The first-order valence-electron chi connectivity index (χ1n) is 4.61. The van der Waals surface area contributed by atoms with Crippen LogP contribution in [-0.4, -0.2) is 23.3 Å². The van der Waals surface area contributed by atoms with E-state index >= 15 is 0 Å². The zero-order valence-corrected chi connectivity index (χ0v) is 9.65. The van der Waals surface area contributed by atoms with E-state index in [4.69, 9.17) is 14.6 Å². The van der Waals surface area contributed by atoms with E-state index in [0.717, 1.165) is 18.1 Å². The number of rotatable bonds is 2. The molecule has 1 rings (SSSR count). The van der Waals surface area contributed by atoms with Crippen molar-refractivity contribution in [3.8, 4) is 11.5 Å². The zero-order chi connectivity index (χ0) is 12.7. The molecule has 0 saturated heterocycles. The van der Waals surface area contributed by atoms with Crippen LogP contribution >= 0.6 is 0 Å². The number of allylic oxidation sites excluding steroid dienone is 1. The molecule has 0 unspecified atom stereocenters. The van der Waals surface area contributed by atoms with Gasteiger partial charge in [-0.2, -0.15) is 0 Å². The van der Waals surface area contributed by atoms with Crippen molar-refractivity contribution in [2.45, 2.75) is 13.8 Å². The van der Waals surface area contributed by atoms with Crippen molar-refractivity contribution < 1.29 is 19.7 Å². The number of aromatic hydroxyl groups is 1. The summed E-state index contributed by atoms with van der Waals surface area (Å²) in [6.07, 6.45) is 0. The molecule has 0 bridgehead atoms. The molecule has 0 aliphatic carbocycles. The highest BCUT2D eigenvalue weighted by molar-refractivity contribution is 5.64. The van der Waals surface area contributed by atoms with Gasteiger partial charge in [-0.05, 0) is 24.6 Å². The number of phenolic OH excluding ortho intramolecular Hbond substituents is 1. The van der Waals surface area contributed by atoms with Crippen LogP contribution in [0.15, 0.2) is 24.8 Å². The van der Waals surface area contributed by atoms with Crippen LogP contribution in [0.1, 0.15) is 19.4 Å². The van der Waals surface area contributed by atoms with Crippen LogP contribution in [0.4, 0.5) is 0 Å². The van der Waals surface area contributed by atoms with Crippen molar-refractivity contribution in [2.24, 2.45) is 0 Å². The van der Waals surface area contributed by atoms with Crippen molar-refractivity contribution in [3.05, 3.63) is 30.3 Å². The number of hydrogen-bond acceptors (Lipinski definition) is 3. The number of hydrogen-bond donors (Lipinski definition) is 2. The molecule has 4 nitrogen and oxygen atoms in total. The molecular formula is C12H16O4. The summed E-state index contributed by atoms with van der Waals surface area (Å²) < 4.78 is 4.94. The standard InChI is InChI=1S/C10H12O2.C2H4O2/c1-7(2)8-4-5-9(11)10(6-8)12-3;1-2(3)4/h4-6,11H,1H2,2-3H3;1H3,(H,3,4). The number of phenols is 1. The molecule has 1 aromatic rings. The number of aliphatic carboxylic acids is 1. The van der Waals surface area contributed by atoms with E-state index in [-0.39, 0.29) is 5.75 Å². The molecule has 0 aromatic heterocycles. The van der Waals surface area contributed by atoms with Crippen LogP contribution in [0.25, 0.3) is 5.57 Å². The third kappa shape index (κ3) is 5.05. The van der Waals surface area contributed by atoms with Crippen molar-refractivity contribution >= 4 is 11.5 Å². The normalized spacial score (nSPS) is 8.69. The smallest absolute Gasteiger partial charge is 0.300 e. The molecule has 0 radical (unpaired) electrons. The maximum Gasteiger partial charge on any atom is 0.300 e. The number of carbonyl (C=O) groups is 1. The van der Waals surface area contributed by atoms with Gasteiger partial charge in [0.2, 0.25) is 0 Å². The minimum absolute atomic E-state index is 0.155. The van der Waals surface area contributed by atoms with Crippen LogP contribution in [-0.2, 0) is 4.79 Å². The van der Waals surface area contributed by atoms with Crippen LogP contribution in [0.3, 0.4) is 0 Å². The molecule has 0 aliphatic heterocycles. The summed E-state index contributed by atoms with van der Waals surface area (Å²) in [6, 6.07) is 5.17.